The summed E-state index contributed by atoms with van der Waals surface area (Å²) in [7, 11) is 0. The topological polar surface area (TPSA) is 49.4 Å². The number of hydrogen-bond acceptors (Lipinski definition) is 3. The van der Waals surface area contributed by atoms with Crippen LogP contribution in [0.15, 0.2) is 23.6 Å². The molecule has 0 spiro atoms. The van der Waals surface area contributed by atoms with Gasteiger partial charge in [0.05, 0.1) is 5.69 Å². The molecule has 0 bridgehead atoms. The molecule has 2 atom stereocenters. The van der Waals surface area contributed by atoms with Crippen molar-refractivity contribution in [3.63, 3.8) is 0 Å². The normalized spacial score (nSPS) is 24.6. The Balaban J connectivity index is 1.74. The fourth-order valence-electron chi connectivity index (χ4n) is 3.09. The predicted octanol–water partition coefficient (Wildman–Crippen LogP) is 2.74. The number of carbonyl (C=O) groups excluding carboxylic acids is 2. The Morgan fingerprint density at radius 2 is 1.90 bits per heavy atom. The monoisotopic (exact) mass is 290 g/mol. The fraction of sp³-hybridized carbons (Fsp3) is 0.467. The van der Waals surface area contributed by atoms with E-state index in [4.69, 9.17) is 0 Å². The first kappa shape index (κ1) is 13.4. The molecule has 3 rings (SSSR count). The number of hydrogen-bond donors (Lipinski definition) is 1. The van der Waals surface area contributed by atoms with Gasteiger partial charge in [0.2, 0.25) is 5.91 Å². The Kier molecular flexibility index (Phi) is 3.61. The van der Waals surface area contributed by atoms with Gasteiger partial charge in [0.25, 0.3) is 5.91 Å². The number of thiophene rings is 1. The van der Waals surface area contributed by atoms with Gasteiger partial charge in [-0.15, -0.1) is 11.3 Å². The summed E-state index contributed by atoms with van der Waals surface area (Å²) in [5, 5.41) is 4.58. The highest BCUT2D eigenvalue weighted by molar-refractivity contribution is 7.12. The number of rotatable bonds is 2. The van der Waals surface area contributed by atoms with Crippen molar-refractivity contribution in [3.8, 4) is 0 Å². The highest BCUT2D eigenvalue weighted by atomic mass is 32.1. The second-order valence-electron chi connectivity index (χ2n) is 5.52. The minimum absolute atomic E-state index is 0.0538. The van der Waals surface area contributed by atoms with E-state index in [0.29, 0.717) is 22.4 Å². The van der Waals surface area contributed by atoms with Crippen LogP contribution < -0.4 is 5.32 Å². The molecule has 1 N–H and O–H groups in total. The summed E-state index contributed by atoms with van der Waals surface area (Å²) in [6, 6.07) is 1.80. The van der Waals surface area contributed by atoms with E-state index in [0.717, 1.165) is 25.9 Å². The van der Waals surface area contributed by atoms with Gasteiger partial charge in [0, 0.05) is 20.0 Å². The summed E-state index contributed by atoms with van der Waals surface area (Å²) in [6.45, 7) is 3.14. The van der Waals surface area contributed by atoms with Gasteiger partial charge in [0.1, 0.15) is 4.88 Å². The van der Waals surface area contributed by atoms with E-state index in [-0.39, 0.29) is 11.8 Å². The minimum atomic E-state index is -0.142. The minimum Gasteiger partial charge on any atom is -0.337 e. The molecule has 1 aromatic heterocycles. The van der Waals surface area contributed by atoms with Gasteiger partial charge in [-0.1, -0.05) is 12.2 Å². The number of amides is 2. The summed E-state index contributed by atoms with van der Waals surface area (Å²) in [5.41, 5.74) is 0.639. The molecule has 2 heterocycles. The van der Waals surface area contributed by atoms with E-state index in [2.05, 4.69) is 17.5 Å². The molecule has 0 radical (unpaired) electrons. The molecule has 4 nitrogen and oxygen atoms in total. The Bertz CT molecular complexity index is 548. The molecule has 106 valence electrons. The van der Waals surface area contributed by atoms with Crippen LogP contribution in [0.5, 0.6) is 0 Å². The third-order valence-corrected chi connectivity index (χ3v) is 4.98. The molecule has 1 aliphatic carbocycles. The van der Waals surface area contributed by atoms with Crippen molar-refractivity contribution in [1.82, 2.24) is 4.90 Å². The number of nitrogens with one attached hydrogen (secondary N) is 1. The lowest BCUT2D eigenvalue weighted by Crippen LogP contribution is -2.29. The van der Waals surface area contributed by atoms with Crippen molar-refractivity contribution in [2.75, 3.05) is 18.4 Å². The van der Waals surface area contributed by atoms with Crippen molar-refractivity contribution in [2.24, 2.45) is 11.8 Å². The van der Waals surface area contributed by atoms with Gasteiger partial charge >= 0.3 is 0 Å². The zero-order valence-electron chi connectivity index (χ0n) is 11.5. The molecule has 1 aliphatic heterocycles. The molecule has 1 aromatic rings. The molecular weight excluding hydrogens is 272 g/mol. The van der Waals surface area contributed by atoms with Crippen LogP contribution in [0.4, 0.5) is 5.69 Å². The van der Waals surface area contributed by atoms with Gasteiger partial charge in [0.15, 0.2) is 0 Å². The van der Waals surface area contributed by atoms with Crippen LogP contribution in [-0.2, 0) is 4.79 Å². The van der Waals surface area contributed by atoms with Crippen LogP contribution in [-0.4, -0.2) is 29.8 Å². The predicted molar refractivity (Wildman–Crippen MR) is 79.9 cm³/mol. The summed E-state index contributed by atoms with van der Waals surface area (Å²) >= 11 is 1.40. The van der Waals surface area contributed by atoms with E-state index in [1.54, 1.807) is 6.07 Å². The van der Waals surface area contributed by atoms with Crippen LogP contribution in [0.1, 0.15) is 29.4 Å². The van der Waals surface area contributed by atoms with E-state index in [9.17, 15) is 9.59 Å². The summed E-state index contributed by atoms with van der Waals surface area (Å²) in [6.07, 6.45) is 6.61. The highest BCUT2D eigenvalue weighted by Crippen LogP contribution is 2.35. The summed E-state index contributed by atoms with van der Waals surface area (Å²) < 4.78 is 0. The standard InChI is InChI=1S/C15H18N2O2S/c1-10(18)16-13-6-7-20-14(13)15(19)17-8-11-4-2-3-5-12(11)9-17/h2-3,6-7,11-12H,4-5,8-9H2,1H3,(H,16,18)/t11-,12+. The van der Waals surface area contributed by atoms with Gasteiger partial charge < -0.3 is 10.2 Å². The van der Waals surface area contributed by atoms with Crippen LogP contribution in [0.2, 0.25) is 0 Å². The van der Waals surface area contributed by atoms with Gasteiger partial charge in [-0.25, -0.2) is 0 Å². The number of nitrogens with zero attached hydrogens (tertiary/aromatic N) is 1. The van der Waals surface area contributed by atoms with E-state index >= 15 is 0 Å². The SMILES string of the molecule is CC(=O)Nc1ccsc1C(=O)N1C[C@H]2CC=CC[C@H]2C1. The number of fused-ring (bicyclic) bond motifs is 1. The second kappa shape index (κ2) is 5.40. The smallest absolute Gasteiger partial charge is 0.266 e. The molecule has 20 heavy (non-hydrogen) atoms. The zero-order chi connectivity index (χ0) is 14.1. The first-order valence-electron chi connectivity index (χ1n) is 6.94. The quantitative estimate of drug-likeness (QED) is 0.851. The summed E-state index contributed by atoms with van der Waals surface area (Å²) in [5.74, 6) is 1.12. The molecule has 2 amide bonds. The Morgan fingerprint density at radius 1 is 1.25 bits per heavy atom. The van der Waals surface area contributed by atoms with Crippen molar-refractivity contribution in [3.05, 3.63) is 28.5 Å². The van der Waals surface area contributed by atoms with Crippen LogP contribution in [0, 0.1) is 11.8 Å². The lowest BCUT2D eigenvalue weighted by atomic mass is 9.86. The Morgan fingerprint density at radius 3 is 2.50 bits per heavy atom. The third kappa shape index (κ3) is 2.50. The number of anilines is 1. The average Bonchev–Trinajstić information content (AvgIpc) is 3.03. The van der Waals surface area contributed by atoms with E-state index in [1.165, 1.54) is 18.3 Å². The molecule has 0 unspecified atom stereocenters. The number of allylic oxidation sites excluding steroid dienone is 2. The molecule has 0 saturated carbocycles. The number of likely N-dealkylation sites (tertiary alicyclic amines) is 1. The zero-order valence-corrected chi connectivity index (χ0v) is 12.3. The van der Waals surface area contributed by atoms with E-state index in [1.807, 2.05) is 10.3 Å². The maximum atomic E-state index is 12.6. The number of carbonyl (C=O) groups is 2. The lowest BCUT2D eigenvalue weighted by Gasteiger charge is -2.17. The van der Waals surface area contributed by atoms with Crippen molar-refractivity contribution in [1.29, 1.82) is 0 Å². The third-order valence-electron chi connectivity index (χ3n) is 4.08. The molecule has 5 heteroatoms. The molecule has 2 aliphatic rings. The Hall–Kier alpha value is -1.62. The lowest BCUT2D eigenvalue weighted by molar-refractivity contribution is -0.114. The van der Waals surface area contributed by atoms with Gasteiger partial charge in [-0.2, -0.15) is 0 Å². The van der Waals surface area contributed by atoms with Crippen molar-refractivity contribution >= 4 is 28.8 Å². The molecule has 1 saturated heterocycles. The first-order valence-corrected chi connectivity index (χ1v) is 7.82. The molecular formula is C15H18N2O2S. The largest absolute Gasteiger partial charge is 0.337 e. The average molecular weight is 290 g/mol. The van der Waals surface area contributed by atoms with Crippen LogP contribution in [0.25, 0.3) is 0 Å². The fourth-order valence-corrected chi connectivity index (χ4v) is 3.90. The van der Waals surface area contributed by atoms with Crippen LogP contribution >= 0.6 is 11.3 Å². The van der Waals surface area contributed by atoms with Crippen molar-refractivity contribution < 1.29 is 9.59 Å². The maximum absolute atomic E-state index is 12.6. The van der Waals surface area contributed by atoms with Crippen LogP contribution in [0.3, 0.4) is 0 Å². The second-order valence-corrected chi connectivity index (χ2v) is 6.43. The van der Waals surface area contributed by atoms with Crippen molar-refractivity contribution in [2.45, 2.75) is 19.8 Å². The molecule has 0 aromatic carbocycles. The highest BCUT2D eigenvalue weighted by Gasteiger charge is 2.36. The first-order chi connectivity index (χ1) is 9.65. The Labute approximate surface area is 122 Å². The van der Waals surface area contributed by atoms with Gasteiger partial charge in [-0.3, -0.25) is 9.59 Å². The molecule has 1 fully saturated rings. The summed E-state index contributed by atoms with van der Waals surface area (Å²) in [4.78, 5) is 26.4. The maximum Gasteiger partial charge on any atom is 0.266 e. The van der Waals surface area contributed by atoms with E-state index < -0.39 is 0 Å². The van der Waals surface area contributed by atoms with Gasteiger partial charge in [-0.05, 0) is 36.1 Å².